The maximum absolute atomic E-state index is 14.8. The molecule has 69 heavy (non-hydrogen) atoms. The van der Waals surface area contributed by atoms with Crippen LogP contribution in [0.1, 0.15) is 110 Å². The maximum Gasteiger partial charge on any atom is 0.416 e. The highest BCUT2D eigenvalue weighted by molar-refractivity contribution is 6.10. The van der Waals surface area contributed by atoms with E-state index >= 15 is 0 Å². The lowest BCUT2D eigenvalue weighted by molar-refractivity contribution is -0.180. The number of anilines is 1. The average Bonchev–Trinajstić information content (AvgIpc) is 3.18. The Hall–Kier alpha value is -6.52. The van der Waals surface area contributed by atoms with Crippen molar-refractivity contribution in [3.8, 4) is 6.07 Å². The van der Waals surface area contributed by atoms with Crippen molar-refractivity contribution >= 4 is 41.3 Å². The SMILES string of the molecule is C.C.CC(C)(C)OC(=O)C1CC2(C1)C(=O)N(c1ccc(C#N)cc1F)CC(=O)N2Cc1ccc(C(F)(F)F)cc1.CC(C)(C)OC(=O)C1CC2(C1)C(=O)NCC(=O)N2Cc1ccc(C(F)(F)F)cc1. The summed E-state index contributed by atoms with van der Waals surface area (Å²) >= 11 is 0. The molecule has 2 aliphatic carbocycles. The number of rotatable bonds is 7. The van der Waals surface area contributed by atoms with E-state index in [2.05, 4.69) is 5.32 Å². The van der Waals surface area contributed by atoms with Crippen molar-refractivity contribution in [3.63, 3.8) is 0 Å². The first kappa shape index (κ1) is 55.1. The van der Waals surface area contributed by atoms with Crippen LogP contribution in [0.25, 0.3) is 0 Å². The first-order chi connectivity index (χ1) is 31.0. The molecule has 4 aliphatic rings. The first-order valence-electron chi connectivity index (χ1n) is 21.2. The molecule has 0 atom stereocenters. The van der Waals surface area contributed by atoms with Crippen molar-refractivity contribution in [3.05, 3.63) is 100 Å². The number of esters is 2. The molecular formula is C49H56F7N5O8. The molecule has 0 bridgehead atoms. The number of alkyl halides is 6. The molecule has 4 fully saturated rings. The van der Waals surface area contributed by atoms with Gasteiger partial charge in [-0.2, -0.15) is 31.6 Å². The lowest BCUT2D eigenvalue weighted by Gasteiger charge is -2.56. The lowest BCUT2D eigenvalue weighted by Crippen LogP contribution is -2.73. The minimum Gasteiger partial charge on any atom is -0.460 e. The topological polar surface area (TPSA) is 166 Å². The van der Waals surface area contributed by atoms with Gasteiger partial charge in [-0.3, -0.25) is 33.7 Å². The highest BCUT2D eigenvalue weighted by Gasteiger charge is 2.63. The summed E-state index contributed by atoms with van der Waals surface area (Å²) in [6, 6.07) is 14.0. The van der Waals surface area contributed by atoms with E-state index in [1.165, 1.54) is 46.2 Å². The van der Waals surface area contributed by atoms with Crippen LogP contribution in [-0.4, -0.2) is 80.7 Å². The van der Waals surface area contributed by atoms with Crippen LogP contribution >= 0.6 is 0 Å². The highest BCUT2D eigenvalue weighted by atomic mass is 19.4. The Morgan fingerprint density at radius 3 is 1.49 bits per heavy atom. The van der Waals surface area contributed by atoms with Gasteiger partial charge in [0.2, 0.25) is 17.7 Å². The number of halogens is 7. The van der Waals surface area contributed by atoms with Crippen LogP contribution < -0.4 is 10.2 Å². The molecule has 3 aromatic carbocycles. The van der Waals surface area contributed by atoms with Gasteiger partial charge in [-0.1, -0.05) is 39.1 Å². The van der Waals surface area contributed by atoms with E-state index < -0.39 is 93.7 Å². The van der Waals surface area contributed by atoms with Gasteiger partial charge in [0.1, 0.15) is 34.6 Å². The van der Waals surface area contributed by atoms with Crippen molar-refractivity contribution < 1.29 is 69.0 Å². The third kappa shape index (κ3) is 11.9. The number of hydrogen-bond donors (Lipinski definition) is 1. The van der Waals surface area contributed by atoms with Gasteiger partial charge in [0.05, 0.1) is 46.8 Å². The Morgan fingerprint density at radius 1 is 0.681 bits per heavy atom. The summed E-state index contributed by atoms with van der Waals surface area (Å²) in [5.74, 6) is -4.92. The molecule has 4 amide bonds. The van der Waals surface area contributed by atoms with Gasteiger partial charge in [-0.15, -0.1) is 0 Å². The standard InChI is InChI=1S/C27H25F4N3O4.C20H23F3N2O4.2CH4/c1-25(2,3)38-23(36)18-11-26(12-18)24(37)33(21-9-6-17(13-32)10-20(21)28)15-22(35)34(26)14-16-4-7-19(8-5-16)27(29,30)31;1-18(2,3)29-16(27)13-8-19(9-13)17(28)24-10-15(26)25(19)11-12-4-6-14(7-5-12)20(21,22)23;;/h4-10,18H,11-12,14-15H2,1-3H3;4-7,13H,8-11H2,1-3H3,(H,24,28);2*1H4. The van der Waals surface area contributed by atoms with Crippen LogP contribution in [0, 0.1) is 29.0 Å². The summed E-state index contributed by atoms with van der Waals surface area (Å²) in [4.78, 5) is 80.9. The number of carbonyl (C=O) groups excluding carboxylic acids is 6. The second kappa shape index (κ2) is 19.8. The van der Waals surface area contributed by atoms with E-state index in [-0.39, 0.29) is 83.2 Å². The minimum atomic E-state index is -4.53. The second-order valence-corrected chi connectivity index (χ2v) is 19.0. The molecule has 7 rings (SSSR count). The fourth-order valence-corrected chi connectivity index (χ4v) is 8.52. The molecule has 374 valence electrons. The summed E-state index contributed by atoms with van der Waals surface area (Å²) in [6.07, 6.45) is -8.89. The predicted octanol–water partition coefficient (Wildman–Crippen LogP) is 8.51. The summed E-state index contributed by atoms with van der Waals surface area (Å²) in [7, 11) is 0. The van der Waals surface area contributed by atoms with Crippen molar-refractivity contribution in [2.45, 2.75) is 130 Å². The molecule has 2 aliphatic heterocycles. The molecule has 0 unspecified atom stereocenters. The summed E-state index contributed by atoms with van der Waals surface area (Å²) in [6.45, 7) is 9.44. The number of nitrogens with one attached hydrogen (secondary N) is 1. The van der Waals surface area contributed by atoms with E-state index in [1.807, 2.05) is 0 Å². The van der Waals surface area contributed by atoms with Gasteiger partial charge in [-0.25, -0.2) is 4.39 Å². The van der Waals surface area contributed by atoms with Crippen LogP contribution in [0.2, 0.25) is 0 Å². The Bertz CT molecular complexity index is 2480. The summed E-state index contributed by atoms with van der Waals surface area (Å²) < 4.78 is 103. The van der Waals surface area contributed by atoms with E-state index in [1.54, 1.807) is 47.6 Å². The molecule has 13 nitrogen and oxygen atoms in total. The fraction of sp³-hybridized carbons (Fsp3) is 0.490. The van der Waals surface area contributed by atoms with Gasteiger partial charge < -0.3 is 24.6 Å². The maximum atomic E-state index is 14.8. The second-order valence-electron chi connectivity index (χ2n) is 19.0. The number of piperazine rings is 2. The van der Waals surface area contributed by atoms with Crippen LogP contribution in [0.5, 0.6) is 0 Å². The Kier molecular flexibility index (Phi) is 15.8. The van der Waals surface area contributed by atoms with E-state index in [9.17, 15) is 59.5 Å². The zero-order chi connectivity index (χ0) is 49.7. The molecule has 0 aromatic heterocycles. The number of carbonyl (C=O) groups is 6. The number of benzene rings is 3. The molecule has 2 saturated heterocycles. The van der Waals surface area contributed by atoms with Gasteiger partial charge >= 0.3 is 24.3 Å². The third-order valence-corrected chi connectivity index (χ3v) is 11.8. The van der Waals surface area contributed by atoms with Crippen molar-refractivity contribution in [1.29, 1.82) is 5.26 Å². The lowest BCUT2D eigenvalue weighted by atomic mass is 9.65. The molecule has 1 N–H and O–H groups in total. The molecule has 3 aromatic rings. The summed E-state index contributed by atoms with van der Waals surface area (Å²) in [5.41, 5.74) is -5.09. The molecule has 0 radical (unpaired) electrons. The van der Waals surface area contributed by atoms with Gasteiger partial charge in [0, 0.05) is 13.1 Å². The average molecular weight is 976 g/mol. The van der Waals surface area contributed by atoms with Gasteiger partial charge in [-0.05, 0) is 121 Å². The molecular weight excluding hydrogens is 920 g/mol. The smallest absolute Gasteiger partial charge is 0.416 e. The fourth-order valence-electron chi connectivity index (χ4n) is 8.52. The molecule has 20 heteroatoms. The van der Waals surface area contributed by atoms with Crippen molar-refractivity contribution in [1.82, 2.24) is 15.1 Å². The Balaban J connectivity index is 0.000000302. The van der Waals surface area contributed by atoms with E-state index in [0.29, 0.717) is 11.1 Å². The van der Waals surface area contributed by atoms with Gasteiger partial charge in [0.15, 0.2) is 0 Å². The normalized spacial score (nSPS) is 22.5. The van der Waals surface area contributed by atoms with Gasteiger partial charge in [0.25, 0.3) is 5.91 Å². The van der Waals surface area contributed by atoms with E-state index in [4.69, 9.17) is 14.7 Å². The Morgan fingerprint density at radius 2 is 1.10 bits per heavy atom. The molecule has 2 heterocycles. The number of hydrogen-bond acceptors (Lipinski definition) is 9. The van der Waals surface area contributed by atoms with E-state index in [0.717, 1.165) is 35.2 Å². The monoisotopic (exact) mass is 975 g/mol. The number of nitrogens with zero attached hydrogens (tertiary/aromatic N) is 4. The Labute approximate surface area is 395 Å². The number of ether oxygens (including phenoxy) is 2. The molecule has 2 spiro atoms. The van der Waals surface area contributed by atoms with Crippen LogP contribution in [0.3, 0.4) is 0 Å². The van der Waals surface area contributed by atoms with Crippen LogP contribution in [0.4, 0.5) is 36.4 Å². The number of nitriles is 1. The highest BCUT2D eigenvalue weighted by Crippen LogP contribution is 2.49. The third-order valence-electron chi connectivity index (χ3n) is 11.8. The largest absolute Gasteiger partial charge is 0.460 e. The quantitative estimate of drug-likeness (QED) is 0.180. The summed E-state index contributed by atoms with van der Waals surface area (Å²) in [5, 5.41) is 11.6. The van der Waals surface area contributed by atoms with Crippen LogP contribution in [0.15, 0.2) is 66.7 Å². The zero-order valence-corrected chi connectivity index (χ0v) is 37.4. The van der Waals surface area contributed by atoms with Crippen molar-refractivity contribution in [2.75, 3.05) is 18.0 Å². The molecule has 2 saturated carbocycles. The van der Waals surface area contributed by atoms with Crippen LogP contribution in [-0.2, 0) is 63.7 Å². The predicted molar refractivity (Wildman–Crippen MR) is 237 cm³/mol. The van der Waals surface area contributed by atoms with Crippen molar-refractivity contribution in [2.24, 2.45) is 11.8 Å². The zero-order valence-electron chi connectivity index (χ0n) is 37.4. The first-order valence-corrected chi connectivity index (χ1v) is 21.2. The minimum absolute atomic E-state index is 0. The number of amides is 4.